The number of rotatable bonds is 6. The molecule has 108 valence electrons. The first-order valence-electron chi connectivity index (χ1n) is 7.30. The number of nitrogens with two attached hydrogens (primary N) is 1. The first kappa shape index (κ1) is 16.0. The van der Waals surface area contributed by atoms with Crippen LogP contribution in [0.3, 0.4) is 0 Å². The van der Waals surface area contributed by atoms with Crippen molar-refractivity contribution in [3.8, 4) is 5.75 Å². The fraction of sp³-hybridized carbons (Fsp3) is 0.647. The summed E-state index contributed by atoms with van der Waals surface area (Å²) in [6.45, 7) is 11.8. The summed E-state index contributed by atoms with van der Waals surface area (Å²) in [6.07, 6.45) is 2.22. The maximum atomic E-state index is 6.32. The van der Waals surface area contributed by atoms with Gasteiger partial charge in [0.1, 0.15) is 5.75 Å². The lowest BCUT2D eigenvalue weighted by Crippen LogP contribution is -2.18. The van der Waals surface area contributed by atoms with E-state index in [2.05, 4.69) is 39.8 Å². The van der Waals surface area contributed by atoms with Gasteiger partial charge in [0.05, 0.1) is 6.61 Å². The second-order valence-electron chi connectivity index (χ2n) is 6.72. The van der Waals surface area contributed by atoms with E-state index < -0.39 is 0 Å². The highest BCUT2D eigenvalue weighted by Gasteiger charge is 2.18. The molecule has 2 heteroatoms. The molecule has 1 aromatic carbocycles. The van der Waals surface area contributed by atoms with Crippen LogP contribution in [0.25, 0.3) is 0 Å². The Morgan fingerprint density at radius 3 is 2.53 bits per heavy atom. The quantitative estimate of drug-likeness (QED) is 0.817. The molecular formula is C17H29NO. The molecule has 0 amide bonds. The van der Waals surface area contributed by atoms with E-state index in [-0.39, 0.29) is 6.04 Å². The maximum absolute atomic E-state index is 6.32. The van der Waals surface area contributed by atoms with E-state index in [1.165, 1.54) is 12.0 Å². The molecule has 0 aromatic heterocycles. The van der Waals surface area contributed by atoms with Crippen LogP contribution in [0.5, 0.6) is 5.75 Å². The Kier molecular flexibility index (Phi) is 5.86. The molecule has 1 rings (SSSR count). The fourth-order valence-corrected chi connectivity index (χ4v) is 2.70. The molecule has 0 aliphatic rings. The largest absolute Gasteiger partial charge is 0.494 e. The Bertz CT molecular complexity index is 381. The van der Waals surface area contributed by atoms with Crippen LogP contribution in [0.15, 0.2) is 24.3 Å². The molecular weight excluding hydrogens is 234 g/mol. The van der Waals surface area contributed by atoms with Crippen LogP contribution >= 0.6 is 0 Å². The zero-order valence-electron chi connectivity index (χ0n) is 13.1. The molecule has 2 nitrogen and oxygen atoms in total. The number of hydrogen-bond acceptors (Lipinski definition) is 2. The summed E-state index contributed by atoms with van der Waals surface area (Å²) in [5.41, 5.74) is 7.86. The van der Waals surface area contributed by atoms with Crippen LogP contribution in [-0.4, -0.2) is 6.61 Å². The van der Waals surface area contributed by atoms with Gasteiger partial charge in [-0.15, -0.1) is 0 Å². The second-order valence-corrected chi connectivity index (χ2v) is 6.72. The van der Waals surface area contributed by atoms with Gasteiger partial charge >= 0.3 is 0 Å². The standard InChI is InChI=1S/C17H29NO/c1-6-19-15-9-7-8-14(11-15)16(18)10-13(2)12-17(3,4)5/h7-9,11,13,16H,6,10,12,18H2,1-5H3. The molecule has 2 N–H and O–H groups in total. The van der Waals surface area contributed by atoms with Crippen LogP contribution in [0.4, 0.5) is 0 Å². The average molecular weight is 263 g/mol. The van der Waals surface area contributed by atoms with Gasteiger partial charge in [-0.25, -0.2) is 0 Å². The van der Waals surface area contributed by atoms with Gasteiger partial charge in [-0.05, 0) is 48.8 Å². The molecule has 0 radical (unpaired) electrons. The molecule has 2 unspecified atom stereocenters. The van der Waals surface area contributed by atoms with Crippen molar-refractivity contribution < 1.29 is 4.74 Å². The van der Waals surface area contributed by atoms with Crippen molar-refractivity contribution in [3.63, 3.8) is 0 Å². The number of hydrogen-bond donors (Lipinski definition) is 1. The predicted octanol–water partition coefficient (Wildman–Crippen LogP) is 4.55. The van der Waals surface area contributed by atoms with E-state index in [9.17, 15) is 0 Å². The molecule has 0 fully saturated rings. The van der Waals surface area contributed by atoms with Gasteiger partial charge in [0.15, 0.2) is 0 Å². The summed E-state index contributed by atoms with van der Waals surface area (Å²) in [6, 6.07) is 8.26. The lowest BCUT2D eigenvalue weighted by atomic mass is 9.82. The zero-order chi connectivity index (χ0) is 14.5. The summed E-state index contributed by atoms with van der Waals surface area (Å²) < 4.78 is 5.53. The van der Waals surface area contributed by atoms with E-state index in [1.54, 1.807) is 0 Å². The van der Waals surface area contributed by atoms with Gasteiger partial charge in [0, 0.05) is 6.04 Å². The van der Waals surface area contributed by atoms with Gasteiger partial charge in [0.2, 0.25) is 0 Å². The van der Waals surface area contributed by atoms with E-state index in [4.69, 9.17) is 10.5 Å². The van der Waals surface area contributed by atoms with Crippen molar-refractivity contribution >= 4 is 0 Å². The summed E-state index contributed by atoms with van der Waals surface area (Å²) in [5.74, 6) is 1.55. The minimum absolute atomic E-state index is 0.0951. The third kappa shape index (κ3) is 6.11. The molecule has 0 heterocycles. The van der Waals surface area contributed by atoms with E-state index in [0.29, 0.717) is 17.9 Å². The highest BCUT2D eigenvalue weighted by Crippen LogP contribution is 2.30. The second kappa shape index (κ2) is 6.95. The summed E-state index contributed by atoms with van der Waals surface area (Å²) in [5, 5.41) is 0. The Balaban J connectivity index is 2.62. The third-order valence-electron chi connectivity index (χ3n) is 3.21. The molecule has 1 aromatic rings. The number of benzene rings is 1. The van der Waals surface area contributed by atoms with Crippen LogP contribution in [0.2, 0.25) is 0 Å². The van der Waals surface area contributed by atoms with E-state index in [0.717, 1.165) is 12.2 Å². The van der Waals surface area contributed by atoms with Crippen molar-refractivity contribution in [2.24, 2.45) is 17.1 Å². The SMILES string of the molecule is CCOc1cccc(C(N)CC(C)CC(C)(C)C)c1. The zero-order valence-corrected chi connectivity index (χ0v) is 13.1. The average Bonchev–Trinajstić information content (AvgIpc) is 2.27. The molecule has 0 aliphatic carbocycles. The normalized spacial score (nSPS) is 15.1. The molecule has 0 spiro atoms. The van der Waals surface area contributed by atoms with E-state index >= 15 is 0 Å². The predicted molar refractivity (Wildman–Crippen MR) is 82.4 cm³/mol. The fourth-order valence-electron chi connectivity index (χ4n) is 2.70. The first-order valence-corrected chi connectivity index (χ1v) is 7.30. The van der Waals surface area contributed by atoms with Gasteiger partial charge in [-0.2, -0.15) is 0 Å². The minimum atomic E-state index is 0.0951. The minimum Gasteiger partial charge on any atom is -0.494 e. The van der Waals surface area contributed by atoms with Crippen molar-refractivity contribution in [2.45, 2.75) is 53.5 Å². The maximum Gasteiger partial charge on any atom is 0.119 e. The molecule has 19 heavy (non-hydrogen) atoms. The summed E-state index contributed by atoms with van der Waals surface area (Å²) in [4.78, 5) is 0. The third-order valence-corrected chi connectivity index (χ3v) is 3.21. The molecule has 0 bridgehead atoms. The van der Waals surface area contributed by atoms with Gasteiger partial charge in [-0.3, -0.25) is 0 Å². The van der Waals surface area contributed by atoms with Crippen molar-refractivity contribution in [2.75, 3.05) is 6.61 Å². The van der Waals surface area contributed by atoms with Crippen LogP contribution in [0.1, 0.15) is 59.1 Å². The summed E-state index contributed by atoms with van der Waals surface area (Å²) in [7, 11) is 0. The lowest BCUT2D eigenvalue weighted by Gasteiger charge is -2.25. The van der Waals surface area contributed by atoms with E-state index in [1.807, 2.05) is 19.1 Å². The molecule has 0 aliphatic heterocycles. The Hall–Kier alpha value is -1.02. The highest BCUT2D eigenvalue weighted by molar-refractivity contribution is 5.30. The van der Waals surface area contributed by atoms with Crippen molar-refractivity contribution in [1.82, 2.24) is 0 Å². The smallest absolute Gasteiger partial charge is 0.119 e. The van der Waals surface area contributed by atoms with Crippen molar-refractivity contribution in [1.29, 1.82) is 0 Å². The molecule has 0 saturated heterocycles. The summed E-state index contributed by atoms with van der Waals surface area (Å²) >= 11 is 0. The van der Waals surface area contributed by atoms with Gasteiger partial charge < -0.3 is 10.5 Å². The molecule has 0 saturated carbocycles. The highest BCUT2D eigenvalue weighted by atomic mass is 16.5. The Labute approximate surface area is 118 Å². The van der Waals surface area contributed by atoms with Crippen molar-refractivity contribution in [3.05, 3.63) is 29.8 Å². The Morgan fingerprint density at radius 2 is 1.95 bits per heavy atom. The van der Waals surface area contributed by atoms with Gasteiger partial charge in [-0.1, -0.05) is 39.8 Å². The molecule has 2 atom stereocenters. The van der Waals surface area contributed by atoms with Crippen LogP contribution < -0.4 is 10.5 Å². The van der Waals surface area contributed by atoms with Crippen LogP contribution in [-0.2, 0) is 0 Å². The van der Waals surface area contributed by atoms with Gasteiger partial charge in [0.25, 0.3) is 0 Å². The van der Waals surface area contributed by atoms with Crippen LogP contribution in [0, 0.1) is 11.3 Å². The lowest BCUT2D eigenvalue weighted by molar-refractivity contribution is 0.286. The Morgan fingerprint density at radius 1 is 1.26 bits per heavy atom. The number of ether oxygens (including phenoxy) is 1. The monoisotopic (exact) mass is 263 g/mol. The first-order chi connectivity index (χ1) is 8.81. The topological polar surface area (TPSA) is 35.2 Å².